The van der Waals surface area contributed by atoms with Crippen LogP contribution in [-0.4, -0.2) is 93.5 Å². The van der Waals surface area contributed by atoms with Crippen molar-refractivity contribution in [2.75, 3.05) is 26.2 Å². The van der Waals surface area contributed by atoms with E-state index in [4.69, 9.17) is 9.47 Å². The molecule has 8 atom stereocenters. The minimum atomic E-state index is -1.26. The number of fused-ring (bicyclic) bond motifs is 1. The van der Waals surface area contributed by atoms with Crippen molar-refractivity contribution in [2.45, 2.75) is 87.1 Å². The molecular weight excluding hydrogens is 642 g/mol. The molecule has 10 nitrogen and oxygen atoms in total. The van der Waals surface area contributed by atoms with E-state index in [1.165, 1.54) is 4.90 Å². The van der Waals surface area contributed by atoms with Crippen LogP contribution in [0, 0.1) is 11.8 Å². The maximum atomic E-state index is 14.2. The van der Waals surface area contributed by atoms with Gasteiger partial charge in [-0.25, -0.2) is 0 Å². The Labute approximate surface area is 274 Å². The molecule has 1 spiro atoms. The molecule has 45 heavy (non-hydrogen) atoms. The number of nitrogens with zero attached hydrogens (tertiary/aromatic N) is 2. The van der Waals surface area contributed by atoms with E-state index in [1.54, 1.807) is 24.0 Å². The van der Waals surface area contributed by atoms with Gasteiger partial charge in [-0.15, -0.1) is 13.2 Å². The van der Waals surface area contributed by atoms with Crippen molar-refractivity contribution >= 4 is 39.6 Å². The number of likely N-dealkylation sites (tertiary alicyclic amines) is 1. The number of allylic oxidation sites excluding steroid dienone is 1. The van der Waals surface area contributed by atoms with Gasteiger partial charge in [0.05, 0.1) is 30.6 Å². The molecule has 2 bridgehead atoms. The molecule has 3 amide bonds. The van der Waals surface area contributed by atoms with Crippen molar-refractivity contribution in [1.29, 1.82) is 0 Å². The lowest BCUT2D eigenvalue weighted by Gasteiger charge is -2.37. The van der Waals surface area contributed by atoms with Crippen LogP contribution >= 0.6 is 15.9 Å². The zero-order valence-electron chi connectivity index (χ0n) is 26.2. The SMILES string of the molecule is C=CCCC(=O)N[C@@H](C)[C@H](OC(=O)[C@@H]1[C@H]2O[C@@]3(CC2Br)[C@H](C(=O)N(CC=C)CCCCC)N(CCO)C(=O)[C@@H]13)c1ccccc1. The largest absolute Gasteiger partial charge is 0.455 e. The Morgan fingerprint density at radius 1 is 1.24 bits per heavy atom. The number of nitrogens with one attached hydrogen (secondary N) is 1. The molecule has 1 aromatic carbocycles. The number of aliphatic hydroxyl groups excluding tert-OH is 1. The van der Waals surface area contributed by atoms with Gasteiger partial charge in [-0.05, 0) is 31.7 Å². The first-order chi connectivity index (χ1) is 21.6. The van der Waals surface area contributed by atoms with Crippen LogP contribution in [0.3, 0.4) is 0 Å². The van der Waals surface area contributed by atoms with Gasteiger partial charge in [0.15, 0.2) is 0 Å². The highest BCUT2D eigenvalue weighted by Gasteiger charge is 2.77. The summed E-state index contributed by atoms with van der Waals surface area (Å²) >= 11 is 3.69. The summed E-state index contributed by atoms with van der Waals surface area (Å²) in [7, 11) is 0. The van der Waals surface area contributed by atoms with Crippen LogP contribution in [0.5, 0.6) is 0 Å². The number of rotatable bonds is 17. The minimum absolute atomic E-state index is 0.0620. The summed E-state index contributed by atoms with van der Waals surface area (Å²) in [6, 6.07) is 7.57. The highest BCUT2D eigenvalue weighted by molar-refractivity contribution is 9.09. The summed E-state index contributed by atoms with van der Waals surface area (Å²) in [6.45, 7) is 11.7. The molecule has 4 rings (SSSR count). The normalized spacial score (nSPS) is 27.9. The van der Waals surface area contributed by atoms with Crippen LogP contribution in [0.25, 0.3) is 0 Å². The molecule has 246 valence electrons. The van der Waals surface area contributed by atoms with Gasteiger partial charge in [0.2, 0.25) is 17.7 Å². The van der Waals surface area contributed by atoms with Gasteiger partial charge in [0.25, 0.3) is 0 Å². The molecule has 0 aliphatic carbocycles. The molecule has 3 aliphatic rings. The summed E-state index contributed by atoms with van der Waals surface area (Å²) in [6.07, 6.45) is 5.66. The van der Waals surface area contributed by atoms with Gasteiger partial charge in [-0.2, -0.15) is 0 Å². The first-order valence-electron chi connectivity index (χ1n) is 15.9. The highest BCUT2D eigenvalue weighted by atomic mass is 79.9. The number of alkyl halides is 1. The number of halogens is 1. The number of carbonyl (C=O) groups excluding carboxylic acids is 4. The van der Waals surface area contributed by atoms with Crippen LogP contribution in [0.2, 0.25) is 0 Å². The summed E-state index contributed by atoms with van der Waals surface area (Å²) < 4.78 is 12.8. The third-order valence-corrected chi connectivity index (χ3v) is 9.96. The van der Waals surface area contributed by atoms with Gasteiger partial charge in [-0.1, -0.05) is 78.2 Å². The third kappa shape index (κ3) is 7.05. The molecule has 1 unspecified atom stereocenters. The molecule has 1 aromatic rings. The molecule has 0 aromatic heterocycles. The van der Waals surface area contributed by atoms with Crippen molar-refractivity contribution < 1.29 is 33.8 Å². The highest BCUT2D eigenvalue weighted by Crippen LogP contribution is 2.60. The molecule has 3 heterocycles. The molecule has 3 fully saturated rings. The molecule has 11 heteroatoms. The Morgan fingerprint density at radius 3 is 2.62 bits per heavy atom. The van der Waals surface area contributed by atoms with Crippen molar-refractivity contribution in [3.05, 3.63) is 61.2 Å². The standard InChI is InChI=1S/C34H46BrN3O7/c1-5-8-13-18-37(17-7-3)32(42)30-34-21-24(35)29(45-34)26(27(34)31(41)38(30)19-20-39)33(43)44-28(23-14-11-10-12-15-23)22(4)36-25(40)16-9-6-2/h6-7,10-12,14-15,22,24,26-30,39H,2-3,5,8-9,13,16-21H2,1,4H3,(H,36,40)/t22-,24?,26-,27+,28-,29-,30-,34+/m0/s1. The second-order valence-electron chi connectivity index (χ2n) is 12.2. The fraction of sp³-hybridized carbons (Fsp3) is 0.588. The Kier molecular flexibility index (Phi) is 12.0. The third-order valence-electron chi connectivity index (χ3n) is 9.12. The number of benzene rings is 1. The van der Waals surface area contributed by atoms with E-state index in [0.717, 1.165) is 19.3 Å². The number of ether oxygens (including phenoxy) is 2. The van der Waals surface area contributed by atoms with E-state index >= 15 is 0 Å². The summed E-state index contributed by atoms with van der Waals surface area (Å²) in [5, 5.41) is 12.9. The monoisotopic (exact) mass is 687 g/mol. The van der Waals surface area contributed by atoms with Crippen molar-refractivity contribution in [3.63, 3.8) is 0 Å². The van der Waals surface area contributed by atoms with Crippen LogP contribution in [0.15, 0.2) is 55.6 Å². The van der Waals surface area contributed by atoms with Crippen LogP contribution < -0.4 is 5.32 Å². The molecule has 0 radical (unpaired) electrons. The Hall–Kier alpha value is -3.02. The Bertz CT molecular complexity index is 1250. The van der Waals surface area contributed by atoms with E-state index in [1.807, 2.05) is 30.3 Å². The average molecular weight is 689 g/mol. The molecule has 2 N–H and O–H groups in total. The predicted molar refractivity (Wildman–Crippen MR) is 173 cm³/mol. The molecule has 3 aliphatic heterocycles. The maximum Gasteiger partial charge on any atom is 0.313 e. The average Bonchev–Trinajstić information content (AvgIpc) is 3.62. The number of amides is 3. The minimum Gasteiger partial charge on any atom is -0.455 e. The number of hydrogen-bond acceptors (Lipinski definition) is 7. The summed E-state index contributed by atoms with van der Waals surface area (Å²) in [5.74, 6) is -3.45. The maximum absolute atomic E-state index is 14.2. The van der Waals surface area contributed by atoms with E-state index in [2.05, 4.69) is 41.3 Å². The lowest BCUT2D eigenvalue weighted by molar-refractivity contribution is -0.162. The number of carbonyl (C=O) groups is 4. The van der Waals surface area contributed by atoms with Crippen LogP contribution in [0.1, 0.15) is 64.0 Å². The predicted octanol–water partition coefficient (Wildman–Crippen LogP) is 3.69. The molecule has 3 saturated heterocycles. The van der Waals surface area contributed by atoms with Gasteiger partial charge in [0.1, 0.15) is 17.7 Å². The number of aliphatic hydroxyl groups is 1. The van der Waals surface area contributed by atoms with Gasteiger partial charge >= 0.3 is 5.97 Å². The van der Waals surface area contributed by atoms with Crippen molar-refractivity contribution in [3.8, 4) is 0 Å². The first-order valence-corrected chi connectivity index (χ1v) is 16.8. The van der Waals surface area contributed by atoms with Gasteiger partial charge in [-0.3, -0.25) is 19.2 Å². The van der Waals surface area contributed by atoms with Crippen molar-refractivity contribution in [1.82, 2.24) is 15.1 Å². The first kappa shape index (κ1) is 34.8. The lowest BCUT2D eigenvalue weighted by atomic mass is 9.70. The number of hydrogen-bond donors (Lipinski definition) is 2. The summed E-state index contributed by atoms with van der Waals surface area (Å²) in [5.41, 5.74) is -0.570. The molecular formula is C34H46BrN3O7. The Morgan fingerprint density at radius 2 is 1.98 bits per heavy atom. The second kappa shape index (κ2) is 15.5. The van der Waals surface area contributed by atoms with Crippen LogP contribution in [0.4, 0.5) is 0 Å². The molecule has 0 saturated carbocycles. The zero-order valence-corrected chi connectivity index (χ0v) is 27.8. The van der Waals surface area contributed by atoms with E-state index < -0.39 is 53.6 Å². The number of unbranched alkanes of at least 4 members (excludes halogenated alkanes) is 2. The van der Waals surface area contributed by atoms with Gasteiger partial charge < -0.3 is 29.7 Å². The number of β-amino-alcohol motifs (C(OH)–C–C–N with tert-alkyl or cyclic N) is 1. The topological polar surface area (TPSA) is 125 Å². The smallest absolute Gasteiger partial charge is 0.313 e. The number of esters is 1. The summed E-state index contributed by atoms with van der Waals surface area (Å²) in [4.78, 5) is 57.9. The van der Waals surface area contributed by atoms with Gasteiger partial charge in [0, 0.05) is 30.9 Å². The fourth-order valence-electron chi connectivity index (χ4n) is 7.14. The second-order valence-corrected chi connectivity index (χ2v) is 13.3. The van der Waals surface area contributed by atoms with Crippen LogP contribution in [-0.2, 0) is 28.7 Å². The Balaban J connectivity index is 1.65. The lowest BCUT2D eigenvalue weighted by Crippen LogP contribution is -2.57. The van der Waals surface area contributed by atoms with E-state index in [9.17, 15) is 24.3 Å². The van der Waals surface area contributed by atoms with E-state index in [-0.39, 0.29) is 36.2 Å². The quantitative estimate of drug-likeness (QED) is 0.111. The zero-order chi connectivity index (χ0) is 32.7. The van der Waals surface area contributed by atoms with Crippen molar-refractivity contribution in [2.24, 2.45) is 11.8 Å². The fourth-order valence-corrected chi connectivity index (χ4v) is 8.08. The van der Waals surface area contributed by atoms with E-state index in [0.29, 0.717) is 31.5 Å².